The number of halogens is 2. The van der Waals surface area contributed by atoms with Crippen LogP contribution < -0.4 is 5.32 Å². The number of hydrogen-bond acceptors (Lipinski definition) is 4. The molecule has 2 aromatic heterocycles. The summed E-state index contributed by atoms with van der Waals surface area (Å²) in [6, 6.07) is 11.5. The molecule has 0 saturated heterocycles. The summed E-state index contributed by atoms with van der Waals surface area (Å²) in [5, 5.41) is 8.01. The van der Waals surface area contributed by atoms with Gasteiger partial charge in [-0.05, 0) is 48.9 Å². The summed E-state index contributed by atoms with van der Waals surface area (Å²) in [7, 11) is 0. The Bertz CT molecular complexity index is 1270. The zero-order valence-corrected chi connectivity index (χ0v) is 17.6. The van der Waals surface area contributed by atoms with E-state index in [1.54, 1.807) is 17.0 Å². The van der Waals surface area contributed by atoms with Gasteiger partial charge in [0.05, 0.1) is 22.9 Å². The first-order chi connectivity index (χ1) is 14.5. The van der Waals surface area contributed by atoms with Crippen molar-refractivity contribution >= 4 is 39.6 Å². The average molecular weight is 442 g/mol. The number of amides is 2. The number of benzene rings is 2. The fourth-order valence-corrected chi connectivity index (χ4v) is 4.90. The third-order valence-corrected chi connectivity index (χ3v) is 6.45. The number of aromatic nitrogens is 3. The van der Waals surface area contributed by atoms with Crippen molar-refractivity contribution < 1.29 is 9.18 Å². The van der Waals surface area contributed by atoms with Crippen LogP contribution in [0.25, 0.3) is 16.3 Å². The summed E-state index contributed by atoms with van der Waals surface area (Å²) in [6.07, 6.45) is 0.677. The van der Waals surface area contributed by atoms with E-state index in [0.717, 1.165) is 26.7 Å². The van der Waals surface area contributed by atoms with Crippen LogP contribution >= 0.6 is 22.9 Å². The molecule has 0 unspecified atom stereocenters. The summed E-state index contributed by atoms with van der Waals surface area (Å²) >= 11 is 7.75. The molecule has 0 atom stereocenters. The van der Waals surface area contributed by atoms with Crippen LogP contribution in [0.3, 0.4) is 0 Å². The van der Waals surface area contributed by atoms with Crippen LogP contribution in [0.5, 0.6) is 0 Å². The number of hydrogen-bond donors (Lipinski definition) is 1. The highest BCUT2D eigenvalue weighted by Crippen LogP contribution is 2.30. The van der Waals surface area contributed by atoms with Crippen molar-refractivity contribution in [2.24, 2.45) is 0 Å². The van der Waals surface area contributed by atoms with Crippen LogP contribution in [-0.4, -0.2) is 32.1 Å². The van der Waals surface area contributed by atoms with E-state index in [9.17, 15) is 9.18 Å². The third-order valence-electron chi connectivity index (χ3n) is 5.08. The molecule has 4 aromatic rings. The number of fused-ring (bicyclic) bond motifs is 3. The van der Waals surface area contributed by atoms with Gasteiger partial charge in [-0.1, -0.05) is 29.0 Å². The highest BCUT2D eigenvalue weighted by Gasteiger charge is 2.26. The number of nitrogens with one attached hydrogen (secondary N) is 1. The molecule has 0 saturated carbocycles. The Labute approximate surface area is 180 Å². The molecule has 3 heterocycles. The lowest BCUT2D eigenvalue weighted by atomic mass is 10.2. The molecule has 6 nitrogen and oxygen atoms in total. The normalized spacial score (nSPS) is 13.5. The Morgan fingerprint density at radius 1 is 1.23 bits per heavy atom. The molecular formula is C21H17ClFN5OS. The summed E-state index contributed by atoms with van der Waals surface area (Å²) in [5.74, 6) is 0.278. The largest absolute Gasteiger partial charge is 0.322 e. The van der Waals surface area contributed by atoms with Gasteiger partial charge in [-0.3, -0.25) is 0 Å². The molecule has 0 fully saturated rings. The van der Waals surface area contributed by atoms with Crippen molar-refractivity contribution in [3.8, 4) is 11.4 Å². The van der Waals surface area contributed by atoms with Gasteiger partial charge >= 0.3 is 6.03 Å². The monoisotopic (exact) mass is 441 g/mol. The number of carbonyl (C=O) groups excluding carboxylic acids is 1. The van der Waals surface area contributed by atoms with Gasteiger partial charge in [0, 0.05) is 23.4 Å². The van der Waals surface area contributed by atoms with E-state index in [4.69, 9.17) is 11.6 Å². The fraction of sp³-hybridized carbons (Fsp3) is 0.190. The molecule has 2 amide bonds. The fourth-order valence-electron chi connectivity index (χ4n) is 3.50. The minimum atomic E-state index is -0.289. The molecular weight excluding hydrogens is 425 g/mol. The lowest BCUT2D eigenvalue weighted by Crippen LogP contribution is -2.38. The Morgan fingerprint density at radius 3 is 2.80 bits per heavy atom. The van der Waals surface area contributed by atoms with Gasteiger partial charge in [-0.2, -0.15) is 4.98 Å². The van der Waals surface area contributed by atoms with Gasteiger partial charge in [0.15, 0.2) is 5.82 Å². The van der Waals surface area contributed by atoms with Crippen molar-refractivity contribution in [2.45, 2.75) is 19.9 Å². The highest BCUT2D eigenvalue weighted by atomic mass is 35.5. The predicted octanol–water partition coefficient (Wildman–Crippen LogP) is 5.15. The van der Waals surface area contributed by atoms with E-state index in [1.165, 1.54) is 23.5 Å². The van der Waals surface area contributed by atoms with Gasteiger partial charge in [-0.25, -0.2) is 13.7 Å². The van der Waals surface area contributed by atoms with E-state index >= 15 is 0 Å². The van der Waals surface area contributed by atoms with Crippen molar-refractivity contribution in [1.29, 1.82) is 0 Å². The summed E-state index contributed by atoms with van der Waals surface area (Å²) < 4.78 is 15.0. The van der Waals surface area contributed by atoms with Gasteiger partial charge in [-0.15, -0.1) is 5.10 Å². The molecule has 0 spiro atoms. The van der Waals surface area contributed by atoms with Gasteiger partial charge in [0.25, 0.3) is 0 Å². The molecule has 0 radical (unpaired) electrons. The molecule has 9 heteroatoms. The van der Waals surface area contributed by atoms with Crippen LogP contribution in [0.15, 0.2) is 42.5 Å². The third kappa shape index (κ3) is 3.42. The number of carbonyl (C=O) groups is 1. The Kier molecular flexibility index (Phi) is 4.67. The van der Waals surface area contributed by atoms with Gasteiger partial charge in [0.2, 0.25) is 4.96 Å². The molecule has 152 valence electrons. The SMILES string of the molecule is Cc1ccc(NC(=O)N2CCc3c(sc4nc(-c5ccc(F)cc5)nn34)C2)c(Cl)c1. The average Bonchev–Trinajstić information content (AvgIpc) is 3.28. The zero-order valence-electron chi connectivity index (χ0n) is 16.0. The molecule has 1 aliphatic heterocycles. The molecule has 0 bridgehead atoms. The van der Waals surface area contributed by atoms with Crippen molar-refractivity contribution in [3.63, 3.8) is 0 Å². The van der Waals surface area contributed by atoms with Crippen LogP contribution in [0.2, 0.25) is 5.02 Å². The molecule has 30 heavy (non-hydrogen) atoms. The smallest absolute Gasteiger partial charge is 0.319 e. The van der Waals surface area contributed by atoms with Crippen molar-refractivity contribution in [3.05, 3.63) is 69.4 Å². The quantitative estimate of drug-likeness (QED) is 0.468. The maximum absolute atomic E-state index is 13.2. The molecule has 5 rings (SSSR count). The molecule has 0 aliphatic carbocycles. The van der Waals surface area contributed by atoms with Crippen LogP contribution in [0, 0.1) is 12.7 Å². The Balaban J connectivity index is 1.36. The maximum atomic E-state index is 13.2. The van der Waals surface area contributed by atoms with Crippen LogP contribution in [0.4, 0.5) is 14.9 Å². The first kappa shape index (κ1) is 19.0. The predicted molar refractivity (Wildman–Crippen MR) is 116 cm³/mol. The number of thiazole rings is 1. The first-order valence-corrected chi connectivity index (χ1v) is 10.6. The number of aryl methyl sites for hydroxylation is 1. The number of anilines is 1. The van der Waals surface area contributed by atoms with Gasteiger partial charge < -0.3 is 10.2 Å². The lowest BCUT2D eigenvalue weighted by molar-refractivity contribution is 0.206. The first-order valence-electron chi connectivity index (χ1n) is 9.43. The lowest BCUT2D eigenvalue weighted by Gasteiger charge is -2.26. The number of urea groups is 1. The Morgan fingerprint density at radius 2 is 2.03 bits per heavy atom. The molecule has 2 aromatic carbocycles. The zero-order chi connectivity index (χ0) is 20.8. The van der Waals surface area contributed by atoms with Crippen molar-refractivity contribution in [2.75, 3.05) is 11.9 Å². The standard InChI is InChI=1S/C21H17ClFN5OS/c1-12-2-7-16(15(22)10-12)24-20(29)27-9-8-17-18(11-27)30-21-25-19(26-28(17)21)13-3-5-14(23)6-4-13/h2-7,10H,8-9,11H2,1H3,(H,24,29). The minimum absolute atomic E-state index is 0.183. The maximum Gasteiger partial charge on any atom is 0.322 e. The van der Waals surface area contributed by atoms with E-state index in [0.29, 0.717) is 36.0 Å². The topological polar surface area (TPSA) is 62.5 Å². The number of rotatable bonds is 2. The van der Waals surface area contributed by atoms with Gasteiger partial charge in [0.1, 0.15) is 5.82 Å². The van der Waals surface area contributed by atoms with Crippen LogP contribution in [0.1, 0.15) is 16.1 Å². The highest BCUT2D eigenvalue weighted by molar-refractivity contribution is 7.17. The van der Waals surface area contributed by atoms with E-state index < -0.39 is 0 Å². The number of nitrogens with zero attached hydrogens (tertiary/aromatic N) is 4. The van der Waals surface area contributed by atoms with E-state index in [-0.39, 0.29) is 11.8 Å². The summed E-state index contributed by atoms with van der Waals surface area (Å²) in [5.41, 5.74) is 3.47. The molecule has 1 aliphatic rings. The second kappa shape index (κ2) is 7.37. The second-order valence-corrected chi connectivity index (χ2v) is 8.66. The minimum Gasteiger partial charge on any atom is -0.319 e. The molecule has 1 N–H and O–H groups in total. The van der Waals surface area contributed by atoms with Crippen LogP contribution in [-0.2, 0) is 13.0 Å². The second-order valence-electron chi connectivity index (χ2n) is 7.19. The summed E-state index contributed by atoms with van der Waals surface area (Å²) in [4.78, 5) is 20.9. The van der Waals surface area contributed by atoms with E-state index in [2.05, 4.69) is 15.4 Å². The Hall–Kier alpha value is -2.97. The van der Waals surface area contributed by atoms with E-state index in [1.807, 2.05) is 29.6 Å². The van der Waals surface area contributed by atoms with Crippen molar-refractivity contribution in [1.82, 2.24) is 19.5 Å². The summed E-state index contributed by atoms with van der Waals surface area (Å²) in [6.45, 7) is 3.01.